The van der Waals surface area contributed by atoms with Crippen molar-refractivity contribution in [2.75, 3.05) is 13.2 Å². The number of hydrogen-bond acceptors (Lipinski definition) is 2. The van der Waals surface area contributed by atoms with Crippen molar-refractivity contribution in [1.82, 2.24) is 0 Å². The summed E-state index contributed by atoms with van der Waals surface area (Å²) >= 11 is 0. The lowest BCUT2D eigenvalue weighted by Gasteiger charge is -2.09. The van der Waals surface area contributed by atoms with Crippen LogP contribution in [-0.2, 0) is 4.74 Å². The van der Waals surface area contributed by atoms with E-state index in [1.165, 1.54) is 32.1 Å². The number of aliphatic hydroxyl groups is 1. The standard InChI is InChI=1S/C13H28O2/c1-3-5-6-7-8-9-10-13(14)11-12-15-4-2/h13-14H,3-12H2,1-2H3. The second kappa shape index (κ2) is 12.0. The SMILES string of the molecule is CCCCCCCCC(O)CCOCC. The molecule has 0 heterocycles. The fourth-order valence-corrected chi connectivity index (χ4v) is 1.67. The zero-order chi connectivity index (χ0) is 11.4. The Hall–Kier alpha value is -0.0800. The van der Waals surface area contributed by atoms with Crippen LogP contribution in [0, 0.1) is 0 Å². The van der Waals surface area contributed by atoms with Crippen molar-refractivity contribution < 1.29 is 9.84 Å². The molecule has 0 saturated heterocycles. The van der Waals surface area contributed by atoms with E-state index >= 15 is 0 Å². The van der Waals surface area contributed by atoms with Gasteiger partial charge in [0.05, 0.1) is 6.10 Å². The Balaban J connectivity index is 3.06. The molecule has 1 atom stereocenters. The van der Waals surface area contributed by atoms with Crippen molar-refractivity contribution in [3.63, 3.8) is 0 Å². The van der Waals surface area contributed by atoms with E-state index in [0.29, 0.717) is 6.61 Å². The van der Waals surface area contributed by atoms with Crippen LogP contribution in [0.3, 0.4) is 0 Å². The highest BCUT2D eigenvalue weighted by Crippen LogP contribution is 2.10. The molecule has 0 bridgehead atoms. The van der Waals surface area contributed by atoms with E-state index in [1.54, 1.807) is 0 Å². The first-order valence-corrected chi connectivity index (χ1v) is 6.57. The fourth-order valence-electron chi connectivity index (χ4n) is 1.67. The first-order valence-electron chi connectivity index (χ1n) is 6.57. The fraction of sp³-hybridized carbons (Fsp3) is 1.00. The molecule has 0 aliphatic heterocycles. The lowest BCUT2D eigenvalue weighted by molar-refractivity contribution is 0.0828. The van der Waals surface area contributed by atoms with Crippen molar-refractivity contribution in [3.8, 4) is 0 Å². The van der Waals surface area contributed by atoms with Crippen molar-refractivity contribution >= 4 is 0 Å². The molecule has 0 aromatic rings. The van der Waals surface area contributed by atoms with Crippen LogP contribution in [0.5, 0.6) is 0 Å². The second-order valence-corrected chi connectivity index (χ2v) is 4.20. The van der Waals surface area contributed by atoms with Gasteiger partial charge >= 0.3 is 0 Å². The summed E-state index contributed by atoms with van der Waals surface area (Å²) in [5.41, 5.74) is 0. The summed E-state index contributed by atoms with van der Waals surface area (Å²) in [4.78, 5) is 0. The molecule has 0 saturated carbocycles. The summed E-state index contributed by atoms with van der Waals surface area (Å²) in [5.74, 6) is 0. The molecule has 0 aliphatic rings. The van der Waals surface area contributed by atoms with Gasteiger partial charge < -0.3 is 9.84 Å². The highest BCUT2D eigenvalue weighted by Gasteiger charge is 2.03. The van der Waals surface area contributed by atoms with Gasteiger partial charge in [-0.3, -0.25) is 0 Å². The molecule has 0 radical (unpaired) electrons. The minimum Gasteiger partial charge on any atom is -0.393 e. The van der Waals surface area contributed by atoms with Gasteiger partial charge in [0.15, 0.2) is 0 Å². The molecule has 0 fully saturated rings. The van der Waals surface area contributed by atoms with Crippen LogP contribution in [0.2, 0.25) is 0 Å². The molecule has 0 amide bonds. The van der Waals surface area contributed by atoms with Crippen molar-refractivity contribution in [1.29, 1.82) is 0 Å². The highest BCUT2D eigenvalue weighted by molar-refractivity contribution is 4.55. The molecule has 0 aromatic heterocycles. The van der Waals surface area contributed by atoms with Crippen LogP contribution in [0.15, 0.2) is 0 Å². The Morgan fingerprint density at radius 3 is 2.27 bits per heavy atom. The third kappa shape index (κ3) is 11.8. The van der Waals surface area contributed by atoms with Gasteiger partial charge in [0.2, 0.25) is 0 Å². The number of rotatable bonds is 11. The van der Waals surface area contributed by atoms with Gasteiger partial charge in [-0.25, -0.2) is 0 Å². The quantitative estimate of drug-likeness (QED) is 0.535. The molecule has 0 spiro atoms. The average Bonchev–Trinajstić information content (AvgIpc) is 2.23. The Kier molecular flexibility index (Phi) is 11.9. The lowest BCUT2D eigenvalue weighted by atomic mass is 10.1. The maximum absolute atomic E-state index is 9.60. The van der Waals surface area contributed by atoms with Crippen LogP contribution in [0.4, 0.5) is 0 Å². The average molecular weight is 216 g/mol. The summed E-state index contributed by atoms with van der Waals surface area (Å²) in [6, 6.07) is 0. The molecule has 0 aliphatic carbocycles. The molecule has 0 rings (SSSR count). The van der Waals surface area contributed by atoms with E-state index in [-0.39, 0.29) is 6.10 Å². The third-order valence-corrected chi connectivity index (χ3v) is 2.69. The smallest absolute Gasteiger partial charge is 0.0562 e. The highest BCUT2D eigenvalue weighted by atomic mass is 16.5. The van der Waals surface area contributed by atoms with E-state index in [2.05, 4.69) is 6.92 Å². The van der Waals surface area contributed by atoms with Gasteiger partial charge in [-0.05, 0) is 19.8 Å². The molecular formula is C13H28O2. The minimum absolute atomic E-state index is 0.150. The number of hydrogen-bond donors (Lipinski definition) is 1. The monoisotopic (exact) mass is 216 g/mol. The molecular weight excluding hydrogens is 188 g/mol. The normalized spacial score (nSPS) is 13.0. The summed E-state index contributed by atoms with van der Waals surface area (Å²) < 4.78 is 5.20. The van der Waals surface area contributed by atoms with Gasteiger partial charge in [0, 0.05) is 13.2 Å². The van der Waals surface area contributed by atoms with E-state index in [4.69, 9.17) is 4.74 Å². The number of ether oxygens (including phenoxy) is 1. The maximum atomic E-state index is 9.60. The first kappa shape index (κ1) is 14.9. The number of aliphatic hydroxyl groups excluding tert-OH is 1. The summed E-state index contributed by atoms with van der Waals surface area (Å²) in [5, 5.41) is 9.60. The second-order valence-electron chi connectivity index (χ2n) is 4.20. The molecule has 2 nitrogen and oxygen atoms in total. The molecule has 92 valence electrons. The minimum atomic E-state index is -0.150. The predicted octanol–water partition coefficient (Wildman–Crippen LogP) is 3.52. The zero-order valence-corrected chi connectivity index (χ0v) is 10.5. The van der Waals surface area contributed by atoms with E-state index in [9.17, 15) is 5.11 Å². The van der Waals surface area contributed by atoms with Gasteiger partial charge in [0.25, 0.3) is 0 Å². The predicted molar refractivity (Wildman–Crippen MR) is 65.1 cm³/mol. The summed E-state index contributed by atoms with van der Waals surface area (Å²) in [6.45, 7) is 5.68. The van der Waals surface area contributed by atoms with Crippen molar-refractivity contribution in [2.45, 2.75) is 71.3 Å². The molecule has 1 N–H and O–H groups in total. The van der Waals surface area contributed by atoms with Gasteiger partial charge in [-0.15, -0.1) is 0 Å². The molecule has 1 unspecified atom stereocenters. The summed E-state index contributed by atoms with van der Waals surface area (Å²) in [7, 11) is 0. The van der Waals surface area contributed by atoms with Gasteiger partial charge in [-0.1, -0.05) is 45.4 Å². The van der Waals surface area contributed by atoms with Crippen LogP contribution >= 0.6 is 0 Å². The Labute approximate surface area is 95.0 Å². The van der Waals surface area contributed by atoms with E-state index in [0.717, 1.165) is 25.9 Å². The van der Waals surface area contributed by atoms with Crippen molar-refractivity contribution in [3.05, 3.63) is 0 Å². The van der Waals surface area contributed by atoms with Crippen LogP contribution < -0.4 is 0 Å². The van der Waals surface area contributed by atoms with Crippen LogP contribution in [-0.4, -0.2) is 24.4 Å². The lowest BCUT2D eigenvalue weighted by Crippen LogP contribution is -2.10. The van der Waals surface area contributed by atoms with Gasteiger partial charge in [0.1, 0.15) is 0 Å². The molecule has 15 heavy (non-hydrogen) atoms. The first-order chi connectivity index (χ1) is 7.31. The maximum Gasteiger partial charge on any atom is 0.0562 e. The Morgan fingerprint density at radius 1 is 0.933 bits per heavy atom. The largest absolute Gasteiger partial charge is 0.393 e. The Bertz CT molecular complexity index is 115. The Morgan fingerprint density at radius 2 is 1.60 bits per heavy atom. The number of unbranched alkanes of at least 4 members (excludes halogenated alkanes) is 5. The van der Waals surface area contributed by atoms with E-state index < -0.39 is 0 Å². The molecule has 0 aromatic carbocycles. The summed E-state index contributed by atoms with van der Waals surface area (Å²) in [6.07, 6.45) is 9.36. The van der Waals surface area contributed by atoms with Crippen molar-refractivity contribution in [2.24, 2.45) is 0 Å². The molecule has 2 heteroatoms. The van der Waals surface area contributed by atoms with E-state index in [1.807, 2.05) is 6.92 Å². The zero-order valence-electron chi connectivity index (χ0n) is 10.5. The third-order valence-electron chi connectivity index (χ3n) is 2.69. The topological polar surface area (TPSA) is 29.5 Å². The van der Waals surface area contributed by atoms with Gasteiger partial charge in [-0.2, -0.15) is 0 Å². The van der Waals surface area contributed by atoms with Crippen LogP contribution in [0.25, 0.3) is 0 Å². The van der Waals surface area contributed by atoms with Crippen LogP contribution in [0.1, 0.15) is 65.2 Å².